The normalized spacial score (nSPS) is 15.2. The molecule has 1 aliphatic carbocycles. The molecular weight excluding hydrogens is 458 g/mol. The third-order valence-corrected chi connectivity index (χ3v) is 5.79. The summed E-state index contributed by atoms with van der Waals surface area (Å²) in [7, 11) is 0. The van der Waals surface area contributed by atoms with Gasteiger partial charge in [-0.2, -0.15) is 13.2 Å². The molecule has 0 spiro atoms. The number of carbonyl (C=O) groups is 1. The van der Waals surface area contributed by atoms with E-state index in [0.717, 1.165) is 12.1 Å². The summed E-state index contributed by atoms with van der Waals surface area (Å²) < 4.78 is 59.4. The van der Waals surface area contributed by atoms with Crippen LogP contribution in [0.25, 0.3) is 0 Å². The Morgan fingerprint density at radius 3 is 2.48 bits per heavy atom. The van der Waals surface area contributed by atoms with Crippen molar-refractivity contribution in [3.05, 3.63) is 112 Å². The molecule has 8 heteroatoms. The Bertz CT molecular complexity index is 1150. The molecule has 1 aromatic heterocycles. The van der Waals surface area contributed by atoms with Gasteiger partial charge in [-0.1, -0.05) is 48.0 Å². The van der Waals surface area contributed by atoms with E-state index >= 15 is 0 Å². The lowest BCUT2D eigenvalue weighted by molar-refractivity contribution is -0.147. The molecule has 3 aromatic rings. The first-order chi connectivity index (χ1) is 15.8. The van der Waals surface area contributed by atoms with Crippen molar-refractivity contribution < 1.29 is 27.1 Å². The van der Waals surface area contributed by atoms with Gasteiger partial charge in [-0.25, -0.2) is 4.39 Å². The highest BCUT2D eigenvalue weighted by molar-refractivity contribution is 6.31. The van der Waals surface area contributed by atoms with Gasteiger partial charge in [0.05, 0.1) is 11.5 Å². The summed E-state index contributed by atoms with van der Waals surface area (Å²) in [5.74, 6) is -3.27. The molecule has 33 heavy (non-hydrogen) atoms. The first-order valence-corrected chi connectivity index (χ1v) is 10.5. The fourth-order valence-electron chi connectivity index (χ4n) is 3.85. The molecular formula is C25H18ClF4NO2. The molecule has 0 radical (unpaired) electrons. The molecule has 0 amide bonds. The zero-order valence-corrected chi connectivity index (χ0v) is 17.9. The minimum atomic E-state index is -4.52. The number of benzene rings is 2. The van der Waals surface area contributed by atoms with Gasteiger partial charge < -0.3 is 4.74 Å². The van der Waals surface area contributed by atoms with E-state index in [0.29, 0.717) is 5.56 Å². The molecule has 2 aromatic carbocycles. The third kappa shape index (κ3) is 5.25. The van der Waals surface area contributed by atoms with Gasteiger partial charge in [-0.05, 0) is 41.5 Å². The van der Waals surface area contributed by atoms with Gasteiger partial charge in [0, 0.05) is 34.8 Å². The molecule has 1 heterocycles. The van der Waals surface area contributed by atoms with Gasteiger partial charge in [0.1, 0.15) is 12.4 Å². The molecule has 0 aliphatic heterocycles. The molecule has 0 bridgehead atoms. The molecule has 0 N–H and O–H groups in total. The predicted molar refractivity (Wildman–Crippen MR) is 115 cm³/mol. The van der Waals surface area contributed by atoms with Crippen molar-refractivity contribution in [1.29, 1.82) is 0 Å². The van der Waals surface area contributed by atoms with Gasteiger partial charge in [0.15, 0.2) is 0 Å². The number of pyridine rings is 1. The number of halogens is 5. The van der Waals surface area contributed by atoms with Crippen LogP contribution in [0, 0.1) is 11.7 Å². The number of alkyl halides is 3. The van der Waals surface area contributed by atoms with E-state index in [1.54, 1.807) is 24.5 Å². The molecule has 0 fully saturated rings. The number of ether oxygens (including phenoxy) is 1. The molecule has 170 valence electrons. The van der Waals surface area contributed by atoms with E-state index in [9.17, 15) is 22.4 Å². The number of carbonyl (C=O) groups excluding carboxylic acids is 1. The second kappa shape index (κ2) is 9.35. The summed E-state index contributed by atoms with van der Waals surface area (Å²) in [5.41, 5.74) is -0.0113. The molecule has 3 nitrogen and oxygen atoms in total. The zero-order chi connectivity index (χ0) is 23.6. The minimum Gasteiger partial charge on any atom is -0.460 e. The van der Waals surface area contributed by atoms with Gasteiger partial charge in [-0.15, -0.1) is 0 Å². The lowest BCUT2D eigenvalue weighted by atomic mass is 9.78. The largest absolute Gasteiger partial charge is 0.460 e. The fourth-order valence-corrected chi connectivity index (χ4v) is 4.13. The number of esters is 1. The van der Waals surface area contributed by atoms with Crippen LogP contribution in [-0.2, 0) is 22.3 Å². The Kier molecular flexibility index (Phi) is 6.51. The van der Waals surface area contributed by atoms with Crippen LogP contribution < -0.4 is 0 Å². The number of rotatable bonds is 7. The first kappa shape index (κ1) is 23.0. The lowest BCUT2D eigenvalue weighted by Crippen LogP contribution is -2.26. The van der Waals surface area contributed by atoms with Crippen molar-refractivity contribution >= 4 is 17.6 Å². The molecule has 0 saturated heterocycles. The molecule has 4 rings (SSSR count). The van der Waals surface area contributed by atoms with Crippen LogP contribution in [0.3, 0.4) is 0 Å². The molecule has 1 aliphatic rings. The van der Waals surface area contributed by atoms with Gasteiger partial charge >= 0.3 is 12.1 Å². The van der Waals surface area contributed by atoms with Crippen LogP contribution in [0.15, 0.2) is 79.1 Å². The van der Waals surface area contributed by atoms with Crippen LogP contribution in [0.2, 0.25) is 5.02 Å². The quantitative estimate of drug-likeness (QED) is 0.217. The summed E-state index contributed by atoms with van der Waals surface area (Å²) in [6.07, 6.45) is 2.40. The van der Waals surface area contributed by atoms with Gasteiger partial charge in [0.2, 0.25) is 0 Å². The Balaban J connectivity index is 1.67. The van der Waals surface area contributed by atoms with Crippen molar-refractivity contribution in [2.45, 2.75) is 24.6 Å². The van der Waals surface area contributed by atoms with Crippen molar-refractivity contribution in [3.63, 3.8) is 0 Å². The van der Waals surface area contributed by atoms with Crippen molar-refractivity contribution in [2.75, 3.05) is 0 Å². The Morgan fingerprint density at radius 2 is 1.85 bits per heavy atom. The second-order valence-electron chi connectivity index (χ2n) is 7.69. The van der Waals surface area contributed by atoms with E-state index < -0.39 is 42.0 Å². The van der Waals surface area contributed by atoms with Crippen LogP contribution in [-0.4, -0.2) is 11.0 Å². The van der Waals surface area contributed by atoms with E-state index in [-0.39, 0.29) is 22.1 Å². The topological polar surface area (TPSA) is 39.2 Å². The van der Waals surface area contributed by atoms with Crippen LogP contribution in [0.4, 0.5) is 17.6 Å². The zero-order valence-electron chi connectivity index (χ0n) is 17.1. The average Bonchev–Trinajstić information content (AvgIpc) is 3.62. The number of nitrogens with zero attached hydrogens (tertiary/aromatic N) is 1. The summed E-state index contributed by atoms with van der Waals surface area (Å²) in [5, 5.41) is 0.0607. The number of hydrogen-bond acceptors (Lipinski definition) is 3. The second-order valence-corrected chi connectivity index (χ2v) is 8.10. The maximum absolute atomic E-state index is 14.9. The molecule has 2 atom stereocenters. The monoisotopic (exact) mass is 475 g/mol. The summed E-state index contributed by atoms with van der Waals surface area (Å²) in [6.45, 7) is -0.400. The molecule has 0 saturated carbocycles. The molecule has 2 unspecified atom stereocenters. The predicted octanol–water partition coefficient (Wildman–Crippen LogP) is 6.69. The Labute approximate surface area is 192 Å². The highest BCUT2D eigenvalue weighted by atomic mass is 35.5. The van der Waals surface area contributed by atoms with E-state index in [2.05, 4.69) is 4.98 Å². The highest BCUT2D eigenvalue weighted by Gasteiger charge is 2.41. The first-order valence-electron chi connectivity index (χ1n) is 10.1. The number of allylic oxidation sites excluding steroid dienone is 2. The standard InChI is InChI=1S/C25H18ClF4NO2/c26-19-7-2-8-20(27)22(19)23(21(16-9-10-16)17-5-3-11-31-13-17)24(32)33-14-15-4-1-6-18(12-15)25(28,29)30/h1-13,16,21,23H,14H2. The summed E-state index contributed by atoms with van der Waals surface area (Å²) in [6, 6.07) is 12.1. The maximum Gasteiger partial charge on any atom is 0.416 e. The van der Waals surface area contributed by atoms with Crippen molar-refractivity contribution in [1.82, 2.24) is 4.98 Å². The number of aromatic nitrogens is 1. The van der Waals surface area contributed by atoms with Crippen molar-refractivity contribution in [3.8, 4) is 0 Å². The SMILES string of the molecule is O=C(OCc1cccc(C(F)(F)F)c1)C(c1c(F)cccc1Cl)C(c1cccnc1)C1C=C1. The summed E-state index contributed by atoms with van der Waals surface area (Å²) >= 11 is 6.30. The third-order valence-electron chi connectivity index (χ3n) is 5.46. The van der Waals surface area contributed by atoms with Gasteiger partial charge in [-0.3, -0.25) is 9.78 Å². The maximum atomic E-state index is 14.9. The van der Waals surface area contributed by atoms with Crippen molar-refractivity contribution in [2.24, 2.45) is 5.92 Å². The summed E-state index contributed by atoms with van der Waals surface area (Å²) in [4.78, 5) is 17.4. The Morgan fingerprint density at radius 1 is 1.09 bits per heavy atom. The van der Waals surface area contributed by atoms with Crippen LogP contribution >= 0.6 is 11.6 Å². The van der Waals surface area contributed by atoms with E-state index in [4.69, 9.17) is 16.3 Å². The van der Waals surface area contributed by atoms with E-state index in [1.807, 2.05) is 12.2 Å². The smallest absolute Gasteiger partial charge is 0.416 e. The van der Waals surface area contributed by atoms with Crippen LogP contribution in [0.1, 0.15) is 34.1 Å². The van der Waals surface area contributed by atoms with Crippen LogP contribution in [0.5, 0.6) is 0 Å². The minimum absolute atomic E-state index is 0.0178. The highest BCUT2D eigenvalue weighted by Crippen LogP contribution is 2.47. The number of hydrogen-bond donors (Lipinski definition) is 0. The van der Waals surface area contributed by atoms with Gasteiger partial charge in [0.25, 0.3) is 0 Å². The lowest BCUT2D eigenvalue weighted by Gasteiger charge is -2.27. The Hall–Kier alpha value is -3.19. The van der Waals surface area contributed by atoms with E-state index in [1.165, 1.54) is 30.3 Å². The fraction of sp³-hybridized carbons (Fsp3) is 0.200. The average molecular weight is 476 g/mol.